The summed E-state index contributed by atoms with van der Waals surface area (Å²) in [7, 11) is -2.96. The molecule has 1 aromatic carbocycles. The molecule has 26 heavy (non-hydrogen) atoms. The summed E-state index contributed by atoms with van der Waals surface area (Å²) in [6, 6.07) is 7.83. The molecule has 0 atom stereocenters. The molecule has 7 heteroatoms. The molecule has 1 aliphatic heterocycles. The number of fused-ring (bicyclic) bond motifs is 1. The zero-order valence-corrected chi connectivity index (χ0v) is 16.3. The van der Waals surface area contributed by atoms with E-state index < -0.39 is 9.84 Å². The third kappa shape index (κ3) is 4.40. The van der Waals surface area contributed by atoms with E-state index >= 15 is 0 Å². The summed E-state index contributed by atoms with van der Waals surface area (Å²) in [5.74, 6) is 0.183. The second-order valence-corrected chi connectivity index (χ2v) is 9.36. The fourth-order valence-electron chi connectivity index (χ4n) is 3.29. The lowest BCUT2D eigenvalue weighted by atomic mass is 10.0. The molecule has 0 bridgehead atoms. The maximum atomic E-state index is 13.1. The van der Waals surface area contributed by atoms with Gasteiger partial charge in [0.25, 0.3) is 5.91 Å². The van der Waals surface area contributed by atoms with Crippen LogP contribution in [-0.2, 0) is 9.84 Å². The van der Waals surface area contributed by atoms with Gasteiger partial charge in [-0.1, -0.05) is 11.6 Å². The highest BCUT2D eigenvalue weighted by molar-refractivity contribution is 7.90. The fourth-order valence-corrected chi connectivity index (χ4v) is 3.88. The van der Waals surface area contributed by atoms with Crippen molar-refractivity contribution >= 4 is 26.6 Å². The number of benzene rings is 1. The van der Waals surface area contributed by atoms with Gasteiger partial charge in [-0.05, 0) is 32.0 Å². The van der Waals surface area contributed by atoms with Crippen LogP contribution < -0.4 is 0 Å². The molecule has 0 N–H and O–H groups in total. The lowest BCUT2D eigenvalue weighted by Gasteiger charge is -2.34. The van der Waals surface area contributed by atoms with Gasteiger partial charge >= 0.3 is 0 Å². The minimum absolute atomic E-state index is 0.0221. The summed E-state index contributed by atoms with van der Waals surface area (Å²) in [4.78, 5) is 21.6. The molecule has 6 nitrogen and oxygen atoms in total. The summed E-state index contributed by atoms with van der Waals surface area (Å²) in [6.07, 6.45) is 1.26. The standard InChI is InChI=1S/C19H25N3O3S/c1-14-4-5-18-16(12-14)17(13-15(2)20-18)19(23)22-8-6-21(7-9-22)10-11-26(3,24)25/h4-5,12-13H,6-11H2,1-3H3. The first-order chi connectivity index (χ1) is 12.2. The van der Waals surface area contributed by atoms with Gasteiger partial charge in [-0.2, -0.15) is 0 Å². The number of sulfone groups is 1. The van der Waals surface area contributed by atoms with Gasteiger partial charge in [0, 0.05) is 50.1 Å². The zero-order valence-electron chi connectivity index (χ0n) is 15.5. The van der Waals surface area contributed by atoms with Crippen molar-refractivity contribution in [2.75, 3.05) is 44.7 Å². The smallest absolute Gasteiger partial charge is 0.254 e. The molecule has 1 fully saturated rings. The molecule has 3 rings (SSSR count). The first-order valence-corrected chi connectivity index (χ1v) is 10.9. The lowest BCUT2D eigenvalue weighted by Crippen LogP contribution is -2.49. The number of hydrogen-bond donors (Lipinski definition) is 0. The average Bonchev–Trinajstić information content (AvgIpc) is 2.59. The van der Waals surface area contributed by atoms with Gasteiger partial charge in [0.15, 0.2) is 0 Å². The molecule has 0 aliphatic carbocycles. The fraction of sp³-hybridized carbons (Fsp3) is 0.474. The molecule has 2 heterocycles. The number of hydrogen-bond acceptors (Lipinski definition) is 5. The maximum Gasteiger partial charge on any atom is 0.254 e. The molecule has 140 valence electrons. The van der Waals surface area contributed by atoms with Gasteiger partial charge in [-0.25, -0.2) is 8.42 Å². The highest BCUT2D eigenvalue weighted by atomic mass is 32.2. The van der Waals surface area contributed by atoms with Crippen LogP contribution >= 0.6 is 0 Å². The molecule has 0 unspecified atom stereocenters. The van der Waals surface area contributed by atoms with Crippen molar-refractivity contribution in [3.63, 3.8) is 0 Å². The highest BCUT2D eigenvalue weighted by Gasteiger charge is 2.24. The van der Waals surface area contributed by atoms with Crippen molar-refractivity contribution in [3.05, 3.63) is 41.1 Å². The number of aromatic nitrogens is 1. The van der Waals surface area contributed by atoms with Crippen LogP contribution in [0.3, 0.4) is 0 Å². The molecule has 1 saturated heterocycles. The summed E-state index contributed by atoms with van der Waals surface area (Å²) in [5, 5.41) is 0.889. The van der Waals surface area contributed by atoms with Gasteiger partial charge in [0.05, 0.1) is 16.8 Å². The summed E-state index contributed by atoms with van der Waals surface area (Å²) in [5.41, 5.74) is 3.46. The first kappa shape index (κ1) is 18.8. The Hall–Kier alpha value is -1.99. The van der Waals surface area contributed by atoms with Gasteiger partial charge in [0.1, 0.15) is 9.84 Å². The van der Waals surface area contributed by atoms with Crippen LogP contribution in [0.1, 0.15) is 21.6 Å². The van der Waals surface area contributed by atoms with Crippen LogP contribution in [0.4, 0.5) is 0 Å². The highest BCUT2D eigenvalue weighted by Crippen LogP contribution is 2.22. The Morgan fingerprint density at radius 2 is 1.81 bits per heavy atom. The SMILES string of the molecule is Cc1ccc2nc(C)cc(C(=O)N3CCN(CCS(C)(=O)=O)CC3)c2c1. The van der Waals surface area contributed by atoms with Crippen molar-refractivity contribution in [2.24, 2.45) is 0 Å². The van der Waals surface area contributed by atoms with E-state index in [1.54, 1.807) is 0 Å². The number of pyridine rings is 1. The Labute approximate surface area is 154 Å². The quantitative estimate of drug-likeness (QED) is 0.813. The van der Waals surface area contributed by atoms with Crippen LogP contribution in [0.2, 0.25) is 0 Å². The van der Waals surface area contributed by atoms with Crippen LogP contribution in [-0.4, -0.2) is 73.8 Å². The molecule has 2 aromatic rings. The van der Waals surface area contributed by atoms with Crippen LogP contribution in [0, 0.1) is 13.8 Å². The Bertz CT molecular complexity index is 932. The van der Waals surface area contributed by atoms with E-state index in [1.807, 2.05) is 43.0 Å². The third-order valence-electron chi connectivity index (χ3n) is 4.76. The number of nitrogens with zero attached hydrogens (tertiary/aromatic N) is 3. The Kier molecular flexibility index (Phi) is 5.29. The lowest BCUT2D eigenvalue weighted by molar-refractivity contribution is 0.0646. The summed E-state index contributed by atoms with van der Waals surface area (Å²) >= 11 is 0. The monoisotopic (exact) mass is 375 g/mol. The number of piperazine rings is 1. The molecular formula is C19H25N3O3S. The van der Waals surface area contributed by atoms with Crippen molar-refractivity contribution in [1.29, 1.82) is 0 Å². The van der Waals surface area contributed by atoms with Gasteiger partial charge in [-0.15, -0.1) is 0 Å². The topological polar surface area (TPSA) is 70.6 Å². The van der Waals surface area contributed by atoms with E-state index in [0.717, 1.165) is 22.2 Å². The Morgan fingerprint density at radius 3 is 2.46 bits per heavy atom. The second-order valence-electron chi connectivity index (χ2n) is 7.10. The molecule has 1 aromatic heterocycles. The number of carbonyl (C=O) groups excluding carboxylic acids is 1. The molecule has 0 spiro atoms. The van der Waals surface area contributed by atoms with Gasteiger partial charge < -0.3 is 4.90 Å². The van der Waals surface area contributed by atoms with Crippen molar-refractivity contribution in [1.82, 2.24) is 14.8 Å². The van der Waals surface area contributed by atoms with E-state index in [-0.39, 0.29) is 11.7 Å². The second kappa shape index (κ2) is 7.32. The molecule has 0 saturated carbocycles. The van der Waals surface area contributed by atoms with Crippen molar-refractivity contribution in [3.8, 4) is 0 Å². The van der Waals surface area contributed by atoms with E-state index in [2.05, 4.69) is 9.88 Å². The zero-order chi connectivity index (χ0) is 18.9. The molecule has 1 aliphatic rings. The summed E-state index contributed by atoms with van der Waals surface area (Å²) in [6.45, 7) is 7.05. The van der Waals surface area contributed by atoms with Gasteiger partial charge in [-0.3, -0.25) is 14.7 Å². The van der Waals surface area contributed by atoms with Crippen LogP contribution in [0.15, 0.2) is 24.3 Å². The van der Waals surface area contributed by atoms with E-state index in [9.17, 15) is 13.2 Å². The number of carbonyl (C=O) groups is 1. The number of aryl methyl sites for hydroxylation is 2. The van der Waals surface area contributed by atoms with Crippen molar-refractivity contribution < 1.29 is 13.2 Å². The molecular weight excluding hydrogens is 350 g/mol. The van der Waals surface area contributed by atoms with E-state index in [4.69, 9.17) is 0 Å². The maximum absolute atomic E-state index is 13.1. The first-order valence-electron chi connectivity index (χ1n) is 8.80. The van der Waals surface area contributed by atoms with E-state index in [1.165, 1.54) is 6.26 Å². The number of rotatable bonds is 4. The number of amides is 1. The average molecular weight is 375 g/mol. The Morgan fingerprint density at radius 1 is 1.12 bits per heavy atom. The summed E-state index contributed by atoms with van der Waals surface area (Å²) < 4.78 is 22.6. The predicted molar refractivity (Wildman–Crippen MR) is 103 cm³/mol. The van der Waals surface area contributed by atoms with Gasteiger partial charge in [0.2, 0.25) is 0 Å². The minimum Gasteiger partial charge on any atom is -0.336 e. The molecule has 0 radical (unpaired) electrons. The van der Waals surface area contributed by atoms with Crippen LogP contribution in [0.25, 0.3) is 10.9 Å². The van der Waals surface area contributed by atoms with E-state index in [0.29, 0.717) is 38.3 Å². The third-order valence-corrected chi connectivity index (χ3v) is 5.68. The molecule has 1 amide bonds. The van der Waals surface area contributed by atoms with Crippen LogP contribution in [0.5, 0.6) is 0 Å². The predicted octanol–water partition coefficient (Wildman–Crippen LogP) is 1.65. The van der Waals surface area contributed by atoms with Crippen molar-refractivity contribution in [2.45, 2.75) is 13.8 Å². The normalized spacial score (nSPS) is 16.2. The Balaban J connectivity index is 1.75. The largest absolute Gasteiger partial charge is 0.336 e. The minimum atomic E-state index is -2.96.